The molecule has 0 bridgehead atoms. The molecule has 1 heterocycles. The fourth-order valence-corrected chi connectivity index (χ4v) is 2.55. The van der Waals surface area contributed by atoms with Crippen LogP contribution in [0.15, 0.2) is 33.6 Å². The van der Waals surface area contributed by atoms with Gasteiger partial charge >= 0.3 is 6.03 Å². The van der Waals surface area contributed by atoms with Crippen LogP contribution in [-0.4, -0.2) is 30.8 Å². The van der Waals surface area contributed by atoms with Gasteiger partial charge in [-0.15, -0.1) is 12.6 Å². The summed E-state index contributed by atoms with van der Waals surface area (Å²) >= 11 is 3.97. The molecule has 1 fully saturated rings. The highest BCUT2D eigenvalue weighted by molar-refractivity contribution is 7.86. The lowest BCUT2D eigenvalue weighted by Gasteiger charge is -2.14. The number of nitrogens with one attached hydrogen (secondary N) is 2. The van der Waals surface area contributed by atoms with Gasteiger partial charge in [-0.25, -0.2) is 4.79 Å². The number of imide groups is 2. The summed E-state index contributed by atoms with van der Waals surface area (Å²) in [6.07, 6.45) is 1.07. The van der Waals surface area contributed by atoms with Crippen LogP contribution in [-0.2, 0) is 19.7 Å². The van der Waals surface area contributed by atoms with Crippen LogP contribution in [0.1, 0.15) is 5.56 Å². The molecule has 3 N–H and O–H groups in total. The first-order valence-corrected chi connectivity index (χ1v) is 7.25. The van der Waals surface area contributed by atoms with E-state index in [4.69, 9.17) is 4.55 Å². The second-order valence-electron chi connectivity index (χ2n) is 4.03. The van der Waals surface area contributed by atoms with Crippen LogP contribution in [0, 0.1) is 0 Å². The van der Waals surface area contributed by atoms with Gasteiger partial charge in [0.2, 0.25) is 0 Å². The van der Waals surface area contributed by atoms with Gasteiger partial charge in [0, 0.05) is 4.90 Å². The number of thiol groups is 1. The Balaban J connectivity index is 2.50. The van der Waals surface area contributed by atoms with E-state index in [0.29, 0.717) is 0 Å². The lowest BCUT2D eigenvalue weighted by molar-refractivity contribution is -0.123. The molecule has 2 rings (SSSR count). The Bertz CT molecular complexity index is 775. The third-order valence-corrected chi connectivity index (χ3v) is 3.56. The first-order chi connectivity index (χ1) is 9.66. The molecule has 0 atom stereocenters. The standard InChI is InChI=1S/C11H8N2O6S2/c14-9-8(10(15)13-11(16)12-9)3-5-1-6(20)4-7(2-5)21(17,18)19/h1-4,20H,(H,17,18,19)(H2,12,13,14,15,16). The lowest BCUT2D eigenvalue weighted by Crippen LogP contribution is -2.51. The predicted octanol–water partition coefficient (Wildman–Crippen LogP) is -0.0286. The Hall–Kier alpha value is -2.17. The van der Waals surface area contributed by atoms with E-state index in [2.05, 4.69) is 12.6 Å². The summed E-state index contributed by atoms with van der Waals surface area (Å²) < 4.78 is 31.2. The van der Waals surface area contributed by atoms with Crippen molar-refractivity contribution in [3.63, 3.8) is 0 Å². The summed E-state index contributed by atoms with van der Waals surface area (Å²) in [6.45, 7) is 0. The highest BCUT2D eigenvalue weighted by Gasteiger charge is 2.27. The van der Waals surface area contributed by atoms with Crippen molar-refractivity contribution in [2.75, 3.05) is 0 Å². The van der Waals surface area contributed by atoms with Crippen LogP contribution >= 0.6 is 12.6 Å². The highest BCUT2D eigenvalue weighted by Crippen LogP contribution is 2.20. The summed E-state index contributed by atoms with van der Waals surface area (Å²) in [5.41, 5.74) is -0.236. The van der Waals surface area contributed by atoms with Gasteiger partial charge in [-0.05, 0) is 29.8 Å². The van der Waals surface area contributed by atoms with E-state index in [0.717, 1.165) is 18.2 Å². The predicted molar refractivity (Wildman–Crippen MR) is 73.2 cm³/mol. The third-order valence-electron chi connectivity index (χ3n) is 2.47. The van der Waals surface area contributed by atoms with Crippen LogP contribution in [0.25, 0.3) is 6.08 Å². The van der Waals surface area contributed by atoms with Crippen molar-refractivity contribution in [3.8, 4) is 0 Å². The number of amides is 4. The van der Waals surface area contributed by atoms with Gasteiger partial charge in [-0.2, -0.15) is 8.42 Å². The van der Waals surface area contributed by atoms with Gasteiger partial charge in [0.1, 0.15) is 5.57 Å². The number of carbonyl (C=O) groups is 3. The molecule has 0 saturated carbocycles. The summed E-state index contributed by atoms with van der Waals surface area (Å²) in [5, 5.41) is 3.75. The molecule has 8 nitrogen and oxygen atoms in total. The molecule has 1 aliphatic rings. The third kappa shape index (κ3) is 3.48. The summed E-state index contributed by atoms with van der Waals surface area (Å²) in [6, 6.07) is 2.59. The van der Waals surface area contributed by atoms with Crippen molar-refractivity contribution in [2.45, 2.75) is 9.79 Å². The van der Waals surface area contributed by atoms with Gasteiger partial charge in [-0.1, -0.05) is 0 Å². The van der Waals surface area contributed by atoms with Crippen molar-refractivity contribution in [1.29, 1.82) is 0 Å². The maximum atomic E-state index is 11.5. The monoisotopic (exact) mass is 328 g/mol. The average molecular weight is 328 g/mol. The zero-order valence-electron chi connectivity index (χ0n) is 10.2. The van der Waals surface area contributed by atoms with Gasteiger partial charge < -0.3 is 0 Å². The minimum absolute atomic E-state index is 0.143. The van der Waals surface area contributed by atoms with Crippen LogP contribution < -0.4 is 10.6 Å². The average Bonchev–Trinajstić information content (AvgIpc) is 2.32. The number of hydrogen-bond donors (Lipinski definition) is 4. The number of benzene rings is 1. The summed E-state index contributed by atoms with van der Waals surface area (Å²) in [5.74, 6) is -1.83. The summed E-state index contributed by atoms with van der Waals surface area (Å²) in [7, 11) is -4.46. The maximum Gasteiger partial charge on any atom is 0.328 e. The molecule has 4 amide bonds. The van der Waals surface area contributed by atoms with Crippen LogP contribution in [0.2, 0.25) is 0 Å². The second-order valence-corrected chi connectivity index (χ2v) is 5.97. The van der Waals surface area contributed by atoms with Crippen molar-refractivity contribution < 1.29 is 27.4 Å². The molecular weight excluding hydrogens is 320 g/mol. The normalized spacial score (nSPS) is 15.5. The zero-order chi connectivity index (χ0) is 15.8. The van der Waals surface area contributed by atoms with E-state index in [-0.39, 0.29) is 16.0 Å². The van der Waals surface area contributed by atoms with Crippen molar-refractivity contribution in [1.82, 2.24) is 10.6 Å². The van der Waals surface area contributed by atoms with E-state index in [9.17, 15) is 22.8 Å². The quantitative estimate of drug-likeness (QED) is 0.261. The van der Waals surface area contributed by atoms with E-state index < -0.39 is 32.9 Å². The zero-order valence-corrected chi connectivity index (χ0v) is 11.9. The summed E-state index contributed by atoms with van der Waals surface area (Å²) in [4.78, 5) is 33.7. The topological polar surface area (TPSA) is 130 Å². The van der Waals surface area contributed by atoms with E-state index in [1.807, 2.05) is 10.6 Å². The molecule has 1 saturated heterocycles. The Kier molecular flexibility index (Phi) is 3.85. The van der Waals surface area contributed by atoms with E-state index in [1.54, 1.807) is 0 Å². The lowest BCUT2D eigenvalue weighted by atomic mass is 10.1. The van der Waals surface area contributed by atoms with Gasteiger partial charge in [-0.3, -0.25) is 24.8 Å². The smallest absolute Gasteiger partial charge is 0.282 e. The Morgan fingerprint density at radius 2 is 1.62 bits per heavy atom. The Labute approximate surface area is 124 Å². The molecule has 0 unspecified atom stereocenters. The van der Waals surface area contributed by atoms with Crippen LogP contribution in [0.5, 0.6) is 0 Å². The number of urea groups is 1. The molecule has 0 spiro atoms. The van der Waals surface area contributed by atoms with Gasteiger partial charge in [0.15, 0.2) is 0 Å². The van der Waals surface area contributed by atoms with Gasteiger partial charge in [0.25, 0.3) is 21.9 Å². The molecule has 10 heteroatoms. The van der Waals surface area contributed by atoms with Crippen molar-refractivity contribution >= 4 is 46.7 Å². The van der Waals surface area contributed by atoms with E-state index >= 15 is 0 Å². The van der Waals surface area contributed by atoms with Crippen molar-refractivity contribution in [2.24, 2.45) is 0 Å². The molecule has 1 aromatic carbocycles. The molecule has 1 aliphatic heterocycles. The number of carbonyl (C=O) groups excluding carboxylic acids is 3. The van der Waals surface area contributed by atoms with Crippen LogP contribution in [0.4, 0.5) is 4.79 Å². The number of hydrogen-bond acceptors (Lipinski definition) is 6. The fourth-order valence-electron chi connectivity index (χ4n) is 1.61. The van der Waals surface area contributed by atoms with Gasteiger partial charge in [0.05, 0.1) is 4.90 Å². The first-order valence-electron chi connectivity index (χ1n) is 5.37. The molecule has 0 aliphatic carbocycles. The minimum atomic E-state index is -4.46. The Morgan fingerprint density at radius 3 is 2.14 bits per heavy atom. The molecule has 1 aromatic rings. The minimum Gasteiger partial charge on any atom is -0.282 e. The van der Waals surface area contributed by atoms with Crippen molar-refractivity contribution in [3.05, 3.63) is 29.3 Å². The van der Waals surface area contributed by atoms with Crippen LogP contribution in [0.3, 0.4) is 0 Å². The SMILES string of the molecule is O=C1NC(=O)C(=Cc2cc(S)cc(S(=O)(=O)O)c2)C(=O)N1. The molecule has 110 valence electrons. The largest absolute Gasteiger partial charge is 0.328 e. The molecule has 21 heavy (non-hydrogen) atoms. The maximum absolute atomic E-state index is 11.5. The number of rotatable bonds is 2. The fraction of sp³-hybridized carbons (Fsp3) is 0. The van der Waals surface area contributed by atoms with E-state index in [1.165, 1.54) is 6.07 Å². The molecule has 0 radical (unpaired) electrons. The second kappa shape index (κ2) is 5.31. The Morgan fingerprint density at radius 1 is 1.05 bits per heavy atom. The molecule has 0 aromatic heterocycles. The number of barbiturate groups is 1. The highest BCUT2D eigenvalue weighted by atomic mass is 32.2. The first kappa shape index (κ1) is 15.2. The molecular formula is C11H8N2O6S2.